The van der Waals surface area contributed by atoms with Gasteiger partial charge in [0, 0.05) is 16.0 Å². The molecule has 2 aromatic carbocycles. The summed E-state index contributed by atoms with van der Waals surface area (Å²) >= 11 is 1.40. The number of carbonyl (C=O) groups excluding carboxylic acids is 1. The third-order valence-corrected chi connectivity index (χ3v) is 4.06. The van der Waals surface area contributed by atoms with Gasteiger partial charge in [-0.25, -0.2) is 9.37 Å². The van der Waals surface area contributed by atoms with E-state index in [2.05, 4.69) is 10.3 Å². The minimum absolute atomic E-state index is 0.194. The second-order valence-electron chi connectivity index (χ2n) is 4.75. The van der Waals surface area contributed by atoms with E-state index in [0.717, 1.165) is 16.1 Å². The summed E-state index contributed by atoms with van der Waals surface area (Å²) in [4.78, 5) is 17.5. The Morgan fingerprint density at radius 1 is 1.09 bits per heavy atom. The maximum absolute atomic E-state index is 13.0. The van der Waals surface area contributed by atoms with Crippen molar-refractivity contribution >= 4 is 22.4 Å². The van der Waals surface area contributed by atoms with Crippen molar-refractivity contribution < 1.29 is 9.18 Å². The topological polar surface area (TPSA) is 42.0 Å². The lowest BCUT2D eigenvalue weighted by Crippen LogP contribution is -2.11. The zero-order valence-electron chi connectivity index (χ0n) is 11.8. The summed E-state index contributed by atoms with van der Waals surface area (Å²) in [6.45, 7) is 1.93. The summed E-state index contributed by atoms with van der Waals surface area (Å²) in [6, 6.07) is 15.1. The molecule has 1 amide bonds. The molecule has 0 saturated heterocycles. The smallest absolute Gasteiger partial charge is 0.257 e. The van der Waals surface area contributed by atoms with Crippen LogP contribution >= 0.6 is 11.3 Å². The molecule has 5 heteroatoms. The van der Waals surface area contributed by atoms with Crippen LogP contribution in [0.4, 0.5) is 9.52 Å². The number of aromatic nitrogens is 1. The zero-order valence-corrected chi connectivity index (χ0v) is 12.7. The first-order valence-electron chi connectivity index (χ1n) is 6.73. The van der Waals surface area contributed by atoms with Crippen molar-refractivity contribution in [1.29, 1.82) is 0 Å². The van der Waals surface area contributed by atoms with Crippen molar-refractivity contribution in [2.75, 3.05) is 5.32 Å². The molecule has 0 radical (unpaired) electrons. The highest BCUT2D eigenvalue weighted by molar-refractivity contribution is 7.16. The first kappa shape index (κ1) is 14.4. The number of nitrogens with zero attached hydrogens (tertiary/aromatic N) is 1. The third-order valence-electron chi connectivity index (χ3n) is 3.17. The SMILES string of the molecule is Cc1sc(NC(=O)c2ccccc2)nc1-c1ccc(F)cc1. The molecule has 22 heavy (non-hydrogen) atoms. The monoisotopic (exact) mass is 312 g/mol. The number of nitrogens with one attached hydrogen (secondary N) is 1. The molecule has 0 fully saturated rings. The number of hydrogen-bond donors (Lipinski definition) is 1. The van der Waals surface area contributed by atoms with Gasteiger partial charge >= 0.3 is 0 Å². The molecule has 0 aliphatic rings. The van der Waals surface area contributed by atoms with Gasteiger partial charge in [-0.05, 0) is 43.3 Å². The van der Waals surface area contributed by atoms with E-state index in [1.807, 2.05) is 25.1 Å². The molecule has 0 aliphatic heterocycles. The molecular formula is C17H13FN2OS. The second-order valence-corrected chi connectivity index (χ2v) is 5.95. The van der Waals surface area contributed by atoms with Gasteiger partial charge in [0.25, 0.3) is 5.91 Å². The van der Waals surface area contributed by atoms with Crippen molar-refractivity contribution in [2.45, 2.75) is 6.92 Å². The van der Waals surface area contributed by atoms with Crippen molar-refractivity contribution in [2.24, 2.45) is 0 Å². The predicted octanol–water partition coefficient (Wildman–Crippen LogP) is 4.51. The van der Waals surface area contributed by atoms with Crippen LogP contribution in [0.25, 0.3) is 11.3 Å². The van der Waals surface area contributed by atoms with Crippen molar-refractivity contribution in [3.05, 3.63) is 70.9 Å². The van der Waals surface area contributed by atoms with Gasteiger partial charge in [-0.3, -0.25) is 10.1 Å². The summed E-state index contributed by atoms with van der Waals surface area (Å²) in [5.74, 6) is -0.478. The first-order valence-corrected chi connectivity index (χ1v) is 7.55. The Bertz CT molecular complexity index is 797. The van der Waals surface area contributed by atoms with Crippen LogP contribution in [0, 0.1) is 12.7 Å². The number of aryl methyl sites for hydroxylation is 1. The number of carbonyl (C=O) groups is 1. The summed E-state index contributed by atoms with van der Waals surface area (Å²) in [5, 5.41) is 3.33. The van der Waals surface area contributed by atoms with Crippen LogP contribution < -0.4 is 5.32 Å². The Morgan fingerprint density at radius 2 is 1.77 bits per heavy atom. The summed E-state index contributed by atoms with van der Waals surface area (Å²) in [5.41, 5.74) is 2.17. The lowest BCUT2D eigenvalue weighted by atomic mass is 10.1. The van der Waals surface area contributed by atoms with Gasteiger partial charge in [0.1, 0.15) is 5.82 Å². The quantitative estimate of drug-likeness (QED) is 0.773. The van der Waals surface area contributed by atoms with Crippen LogP contribution in [0.5, 0.6) is 0 Å². The average Bonchev–Trinajstić information content (AvgIpc) is 2.89. The number of halogens is 1. The van der Waals surface area contributed by atoms with E-state index in [-0.39, 0.29) is 11.7 Å². The Balaban J connectivity index is 1.83. The number of amides is 1. The highest BCUT2D eigenvalue weighted by Crippen LogP contribution is 2.30. The molecular weight excluding hydrogens is 299 g/mol. The van der Waals surface area contributed by atoms with Crippen LogP contribution in [-0.4, -0.2) is 10.9 Å². The molecule has 3 rings (SSSR count). The van der Waals surface area contributed by atoms with E-state index in [4.69, 9.17) is 0 Å². The van der Waals surface area contributed by atoms with Crippen LogP contribution in [0.2, 0.25) is 0 Å². The lowest BCUT2D eigenvalue weighted by molar-refractivity contribution is 0.102. The van der Waals surface area contributed by atoms with Gasteiger partial charge < -0.3 is 0 Å². The number of hydrogen-bond acceptors (Lipinski definition) is 3. The normalized spacial score (nSPS) is 10.5. The maximum Gasteiger partial charge on any atom is 0.257 e. The van der Waals surface area contributed by atoms with Gasteiger partial charge in [-0.1, -0.05) is 18.2 Å². The molecule has 3 aromatic rings. The number of thiazole rings is 1. The fraction of sp³-hybridized carbons (Fsp3) is 0.0588. The molecule has 0 saturated carbocycles. The molecule has 1 N–H and O–H groups in total. The van der Waals surface area contributed by atoms with Crippen molar-refractivity contribution in [1.82, 2.24) is 4.98 Å². The fourth-order valence-electron chi connectivity index (χ4n) is 2.08. The lowest BCUT2D eigenvalue weighted by Gasteiger charge is -2.01. The number of rotatable bonds is 3. The van der Waals surface area contributed by atoms with E-state index < -0.39 is 0 Å². The van der Waals surface area contributed by atoms with E-state index >= 15 is 0 Å². The van der Waals surface area contributed by atoms with E-state index in [1.165, 1.54) is 23.5 Å². The predicted molar refractivity (Wildman–Crippen MR) is 86.6 cm³/mol. The Labute approximate surface area is 131 Å². The largest absolute Gasteiger partial charge is 0.298 e. The van der Waals surface area contributed by atoms with Crippen LogP contribution in [-0.2, 0) is 0 Å². The zero-order chi connectivity index (χ0) is 15.5. The molecule has 1 heterocycles. The molecule has 0 bridgehead atoms. The molecule has 0 unspecified atom stereocenters. The summed E-state index contributed by atoms with van der Waals surface area (Å²) in [6.07, 6.45) is 0. The fourth-order valence-corrected chi connectivity index (χ4v) is 2.92. The minimum Gasteiger partial charge on any atom is -0.298 e. The van der Waals surface area contributed by atoms with E-state index in [9.17, 15) is 9.18 Å². The van der Waals surface area contributed by atoms with Crippen molar-refractivity contribution in [3.8, 4) is 11.3 Å². The van der Waals surface area contributed by atoms with Crippen LogP contribution in [0.3, 0.4) is 0 Å². The van der Waals surface area contributed by atoms with Gasteiger partial charge in [0.15, 0.2) is 5.13 Å². The molecule has 0 atom stereocenters. The summed E-state index contributed by atoms with van der Waals surface area (Å²) < 4.78 is 13.0. The van der Waals surface area contributed by atoms with Gasteiger partial charge in [-0.2, -0.15) is 0 Å². The van der Waals surface area contributed by atoms with Crippen molar-refractivity contribution in [3.63, 3.8) is 0 Å². The highest BCUT2D eigenvalue weighted by Gasteiger charge is 2.13. The number of benzene rings is 2. The first-order chi connectivity index (χ1) is 10.6. The molecule has 110 valence electrons. The summed E-state index contributed by atoms with van der Waals surface area (Å²) in [7, 11) is 0. The molecule has 0 spiro atoms. The Kier molecular flexibility index (Phi) is 3.98. The average molecular weight is 312 g/mol. The van der Waals surface area contributed by atoms with E-state index in [1.54, 1.807) is 24.3 Å². The second kappa shape index (κ2) is 6.07. The molecule has 3 nitrogen and oxygen atoms in total. The minimum atomic E-state index is -0.283. The van der Waals surface area contributed by atoms with Crippen LogP contribution in [0.15, 0.2) is 54.6 Å². The molecule has 1 aromatic heterocycles. The van der Waals surface area contributed by atoms with Crippen LogP contribution in [0.1, 0.15) is 15.2 Å². The van der Waals surface area contributed by atoms with Gasteiger partial charge in [0.05, 0.1) is 5.69 Å². The van der Waals surface area contributed by atoms with E-state index in [0.29, 0.717) is 10.7 Å². The van der Waals surface area contributed by atoms with Gasteiger partial charge in [0.2, 0.25) is 0 Å². The highest BCUT2D eigenvalue weighted by atomic mass is 32.1. The Hall–Kier alpha value is -2.53. The van der Waals surface area contributed by atoms with Gasteiger partial charge in [-0.15, -0.1) is 11.3 Å². The number of anilines is 1. The maximum atomic E-state index is 13.0. The Morgan fingerprint density at radius 3 is 2.45 bits per heavy atom. The molecule has 0 aliphatic carbocycles. The third kappa shape index (κ3) is 3.04. The standard InChI is InChI=1S/C17H13FN2OS/c1-11-15(12-7-9-14(18)10-8-12)19-17(22-11)20-16(21)13-5-3-2-4-6-13/h2-10H,1H3,(H,19,20,21).